The van der Waals surface area contributed by atoms with Gasteiger partial charge in [0, 0.05) is 12.1 Å². The molecule has 0 aliphatic rings. The number of nitrogens with zero attached hydrogens (tertiary/aromatic N) is 1. The maximum Gasteiger partial charge on any atom is 0.325 e. The van der Waals surface area contributed by atoms with Crippen molar-refractivity contribution in [2.75, 3.05) is 13.7 Å². The lowest BCUT2D eigenvalue weighted by atomic mass is 10.2. The van der Waals surface area contributed by atoms with E-state index in [1.165, 1.54) is 30.2 Å². The fourth-order valence-corrected chi connectivity index (χ4v) is 1.56. The van der Waals surface area contributed by atoms with Crippen LogP contribution in [0.1, 0.15) is 19.4 Å². The van der Waals surface area contributed by atoms with Gasteiger partial charge in [-0.05, 0) is 37.6 Å². The third-order valence-corrected chi connectivity index (χ3v) is 2.72. The van der Waals surface area contributed by atoms with Gasteiger partial charge in [0.25, 0.3) is 0 Å². The summed E-state index contributed by atoms with van der Waals surface area (Å²) in [6.07, 6.45) is 2.94. The predicted molar refractivity (Wildman–Crippen MR) is 74.3 cm³/mol. The highest BCUT2D eigenvalue weighted by Crippen LogP contribution is 2.06. The number of halogens is 1. The van der Waals surface area contributed by atoms with E-state index in [2.05, 4.69) is 4.74 Å². The van der Waals surface area contributed by atoms with Crippen molar-refractivity contribution in [2.24, 2.45) is 0 Å². The summed E-state index contributed by atoms with van der Waals surface area (Å²) < 4.78 is 17.3. The van der Waals surface area contributed by atoms with Gasteiger partial charge in [-0.15, -0.1) is 0 Å². The first kappa shape index (κ1) is 15.9. The third kappa shape index (κ3) is 4.84. The van der Waals surface area contributed by atoms with Gasteiger partial charge in [0.1, 0.15) is 12.4 Å². The molecule has 0 aromatic heterocycles. The molecule has 4 nitrogen and oxygen atoms in total. The summed E-state index contributed by atoms with van der Waals surface area (Å²) in [6, 6.07) is 5.65. The Morgan fingerprint density at radius 1 is 1.30 bits per heavy atom. The van der Waals surface area contributed by atoms with Gasteiger partial charge in [0.05, 0.1) is 7.11 Å². The molecule has 1 aromatic carbocycles. The third-order valence-electron chi connectivity index (χ3n) is 2.72. The van der Waals surface area contributed by atoms with Gasteiger partial charge in [-0.3, -0.25) is 9.59 Å². The second-order valence-electron chi connectivity index (χ2n) is 4.52. The number of amides is 1. The largest absolute Gasteiger partial charge is 0.468 e. The molecule has 5 heteroatoms. The number of carbonyl (C=O) groups excluding carboxylic acids is 2. The molecule has 0 saturated carbocycles. The smallest absolute Gasteiger partial charge is 0.325 e. The van der Waals surface area contributed by atoms with E-state index >= 15 is 0 Å². The number of esters is 1. The van der Waals surface area contributed by atoms with Crippen molar-refractivity contribution in [1.29, 1.82) is 0 Å². The first-order valence-corrected chi connectivity index (χ1v) is 6.25. The molecule has 0 radical (unpaired) electrons. The molecule has 0 aliphatic heterocycles. The van der Waals surface area contributed by atoms with Crippen LogP contribution in [0.3, 0.4) is 0 Å². The maximum absolute atomic E-state index is 12.8. The topological polar surface area (TPSA) is 46.6 Å². The van der Waals surface area contributed by atoms with Crippen molar-refractivity contribution in [2.45, 2.75) is 19.9 Å². The van der Waals surface area contributed by atoms with Gasteiger partial charge < -0.3 is 9.64 Å². The van der Waals surface area contributed by atoms with Crippen molar-refractivity contribution >= 4 is 18.0 Å². The summed E-state index contributed by atoms with van der Waals surface area (Å²) >= 11 is 0. The van der Waals surface area contributed by atoms with E-state index in [0.717, 1.165) is 0 Å². The first-order chi connectivity index (χ1) is 9.43. The summed E-state index contributed by atoms with van der Waals surface area (Å²) in [7, 11) is 1.28. The molecule has 0 heterocycles. The molecule has 0 fully saturated rings. The van der Waals surface area contributed by atoms with E-state index in [4.69, 9.17) is 0 Å². The minimum Gasteiger partial charge on any atom is -0.468 e. The van der Waals surface area contributed by atoms with Crippen LogP contribution in [-0.2, 0) is 14.3 Å². The van der Waals surface area contributed by atoms with Crippen molar-refractivity contribution in [3.8, 4) is 0 Å². The first-order valence-electron chi connectivity index (χ1n) is 6.25. The standard InChI is InChI=1S/C15H18FNO3/c1-11(2)17(10-15(19)20-3)14(18)9-6-12-4-7-13(16)8-5-12/h4-9,11H,10H2,1-3H3/b9-6+. The van der Waals surface area contributed by atoms with Crippen LogP contribution in [0.4, 0.5) is 4.39 Å². The molecular formula is C15H18FNO3. The molecule has 20 heavy (non-hydrogen) atoms. The van der Waals surface area contributed by atoms with Gasteiger partial charge in [0.2, 0.25) is 5.91 Å². The molecule has 1 rings (SSSR count). The zero-order valence-corrected chi connectivity index (χ0v) is 11.8. The minimum absolute atomic E-state index is 0.0965. The number of rotatable bonds is 5. The highest BCUT2D eigenvalue weighted by Gasteiger charge is 2.18. The number of methoxy groups -OCH3 is 1. The Morgan fingerprint density at radius 2 is 1.90 bits per heavy atom. The number of hydrogen-bond acceptors (Lipinski definition) is 3. The lowest BCUT2D eigenvalue weighted by Gasteiger charge is -2.23. The second-order valence-corrected chi connectivity index (χ2v) is 4.52. The van der Waals surface area contributed by atoms with Crippen molar-refractivity contribution in [3.63, 3.8) is 0 Å². The molecule has 0 unspecified atom stereocenters. The Morgan fingerprint density at radius 3 is 2.40 bits per heavy atom. The number of hydrogen-bond donors (Lipinski definition) is 0. The molecule has 0 bridgehead atoms. The van der Waals surface area contributed by atoms with Gasteiger partial charge in [-0.25, -0.2) is 4.39 Å². The summed E-state index contributed by atoms with van der Waals surface area (Å²) in [5.74, 6) is -1.10. The Labute approximate surface area is 117 Å². The van der Waals surface area contributed by atoms with Gasteiger partial charge in [0.15, 0.2) is 0 Å². The Hall–Kier alpha value is -2.17. The minimum atomic E-state index is -0.470. The van der Waals surface area contributed by atoms with Crippen LogP contribution in [0.2, 0.25) is 0 Å². The van der Waals surface area contributed by atoms with E-state index in [1.807, 2.05) is 13.8 Å². The molecule has 1 aromatic rings. The lowest BCUT2D eigenvalue weighted by Crippen LogP contribution is -2.40. The van der Waals surface area contributed by atoms with Crippen LogP contribution in [-0.4, -0.2) is 36.5 Å². The van der Waals surface area contributed by atoms with Crippen molar-refractivity contribution in [1.82, 2.24) is 4.90 Å². The van der Waals surface area contributed by atoms with E-state index in [0.29, 0.717) is 5.56 Å². The highest BCUT2D eigenvalue weighted by molar-refractivity contribution is 5.93. The molecule has 0 saturated heterocycles. The number of benzene rings is 1. The van der Waals surface area contributed by atoms with E-state index in [9.17, 15) is 14.0 Å². The summed E-state index contributed by atoms with van der Waals surface area (Å²) in [5.41, 5.74) is 0.710. The van der Waals surface area contributed by atoms with Crippen LogP contribution >= 0.6 is 0 Å². The lowest BCUT2D eigenvalue weighted by molar-refractivity contribution is -0.146. The van der Waals surface area contributed by atoms with Crippen LogP contribution in [0.25, 0.3) is 6.08 Å². The van der Waals surface area contributed by atoms with Crippen LogP contribution in [0, 0.1) is 5.82 Å². The molecular weight excluding hydrogens is 261 g/mol. The van der Waals surface area contributed by atoms with E-state index in [-0.39, 0.29) is 24.3 Å². The Bertz CT molecular complexity index is 494. The van der Waals surface area contributed by atoms with Crippen molar-refractivity contribution < 1.29 is 18.7 Å². The molecule has 0 aliphatic carbocycles. The SMILES string of the molecule is COC(=O)CN(C(=O)/C=C/c1ccc(F)cc1)C(C)C. The van der Waals surface area contributed by atoms with E-state index < -0.39 is 5.97 Å². The number of ether oxygens (including phenoxy) is 1. The molecule has 1 amide bonds. The Kier molecular flexibility index (Phi) is 5.90. The van der Waals surface area contributed by atoms with Crippen molar-refractivity contribution in [3.05, 3.63) is 41.7 Å². The molecule has 0 atom stereocenters. The average Bonchev–Trinajstić information content (AvgIpc) is 2.43. The molecule has 0 N–H and O–H groups in total. The number of carbonyl (C=O) groups is 2. The monoisotopic (exact) mass is 279 g/mol. The molecule has 108 valence electrons. The fraction of sp³-hybridized carbons (Fsp3) is 0.333. The second kappa shape index (κ2) is 7.43. The van der Waals surface area contributed by atoms with Gasteiger partial charge in [-0.1, -0.05) is 12.1 Å². The Balaban J connectivity index is 2.75. The van der Waals surface area contributed by atoms with Crippen LogP contribution < -0.4 is 0 Å². The highest BCUT2D eigenvalue weighted by atomic mass is 19.1. The van der Waals surface area contributed by atoms with Gasteiger partial charge >= 0.3 is 5.97 Å². The zero-order valence-electron chi connectivity index (χ0n) is 11.8. The van der Waals surface area contributed by atoms with Crippen LogP contribution in [0.5, 0.6) is 0 Å². The summed E-state index contributed by atoms with van der Waals surface area (Å²) in [5, 5.41) is 0. The fourth-order valence-electron chi connectivity index (χ4n) is 1.56. The van der Waals surface area contributed by atoms with Gasteiger partial charge in [-0.2, -0.15) is 0 Å². The van der Waals surface area contributed by atoms with Crippen LogP contribution in [0.15, 0.2) is 30.3 Å². The zero-order chi connectivity index (χ0) is 15.1. The summed E-state index contributed by atoms with van der Waals surface area (Å²) in [4.78, 5) is 24.7. The predicted octanol–water partition coefficient (Wildman–Crippen LogP) is 2.25. The molecule has 0 spiro atoms. The van der Waals surface area contributed by atoms with E-state index in [1.54, 1.807) is 18.2 Å². The normalized spacial score (nSPS) is 10.8. The average molecular weight is 279 g/mol. The maximum atomic E-state index is 12.8. The summed E-state index contributed by atoms with van der Waals surface area (Å²) in [6.45, 7) is 3.53. The quantitative estimate of drug-likeness (QED) is 0.613.